The molecule has 1 aliphatic heterocycles. The van der Waals surface area contributed by atoms with Crippen molar-refractivity contribution in [3.05, 3.63) is 35.4 Å². The molecule has 0 aromatic heterocycles. The highest BCUT2D eigenvalue weighted by atomic mass is 35.5. The topological polar surface area (TPSA) is 101 Å². The number of hydrogen-bond acceptors (Lipinski definition) is 3. The highest BCUT2D eigenvalue weighted by molar-refractivity contribution is 5.85. The van der Waals surface area contributed by atoms with E-state index in [9.17, 15) is 9.59 Å². The molecule has 2 atom stereocenters. The summed E-state index contributed by atoms with van der Waals surface area (Å²) >= 11 is 0. The molecular weight excluding hydrogens is 340 g/mol. The first-order chi connectivity index (χ1) is 11.4. The number of hydrogen-bond donors (Lipinski definition) is 3. The Bertz CT molecular complexity index is 586. The summed E-state index contributed by atoms with van der Waals surface area (Å²) in [7, 11) is 0. The zero-order valence-corrected chi connectivity index (χ0v) is 15.7. The molecule has 7 heteroatoms. The van der Waals surface area contributed by atoms with Gasteiger partial charge in [-0.1, -0.05) is 24.3 Å². The molecule has 1 aromatic rings. The van der Waals surface area contributed by atoms with Crippen molar-refractivity contribution in [3.63, 3.8) is 0 Å². The molecule has 0 spiro atoms. The normalized spacial score (nSPS) is 17.3. The van der Waals surface area contributed by atoms with Gasteiger partial charge in [0.05, 0.1) is 12.5 Å². The molecular formula is C18H29ClN4O2. The monoisotopic (exact) mass is 368 g/mol. The van der Waals surface area contributed by atoms with Gasteiger partial charge in [-0.15, -0.1) is 12.4 Å². The minimum Gasteiger partial charge on any atom is -0.352 e. The molecule has 0 bridgehead atoms. The molecule has 3 amide bonds. The van der Waals surface area contributed by atoms with Gasteiger partial charge in [0.25, 0.3) is 0 Å². The first-order valence-electron chi connectivity index (χ1n) is 8.53. The molecule has 25 heavy (non-hydrogen) atoms. The van der Waals surface area contributed by atoms with Crippen LogP contribution in [0.2, 0.25) is 0 Å². The van der Waals surface area contributed by atoms with Crippen LogP contribution >= 0.6 is 12.4 Å². The van der Waals surface area contributed by atoms with Gasteiger partial charge in [0.15, 0.2) is 0 Å². The van der Waals surface area contributed by atoms with Gasteiger partial charge in [-0.3, -0.25) is 4.79 Å². The van der Waals surface area contributed by atoms with Crippen LogP contribution in [0.4, 0.5) is 4.79 Å². The van der Waals surface area contributed by atoms with Crippen molar-refractivity contribution in [2.24, 2.45) is 17.4 Å². The summed E-state index contributed by atoms with van der Waals surface area (Å²) in [5.74, 6) is 0.519. The fourth-order valence-corrected chi connectivity index (χ4v) is 3.37. The number of primary amides is 1. The Morgan fingerprint density at radius 2 is 1.88 bits per heavy atom. The molecule has 1 aliphatic rings. The van der Waals surface area contributed by atoms with Crippen LogP contribution in [0.15, 0.2) is 24.3 Å². The number of rotatable bonds is 5. The molecule has 1 aromatic carbocycles. The molecule has 0 aliphatic carbocycles. The maximum atomic E-state index is 12.7. The van der Waals surface area contributed by atoms with E-state index in [1.54, 1.807) is 0 Å². The summed E-state index contributed by atoms with van der Waals surface area (Å²) in [6, 6.07) is 6.86. The Balaban J connectivity index is 0.00000312. The lowest BCUT2D eigenvalue weighted by Gasteiger charge is -2.34. The van der Waals surface area contributed by atoms with Gasteiger partial charge in [-0.25, -0.2) is 4.79 Å². The van der Waals surface area contributed by atoms with Gasteiger partial charge in [0.2, 0.25) is 5.91 Å². The first kappa shape index (κ1) is 21.3. The second-order valence-electron chi connectivity index (χ2n) is 6.70. The van der Waals surface area contributed by atoms with E-state index in [0.717, 1.165) is 37.1 Å². The number of carbonyl (C=O) groups is 2. The number of amides is 3. The molecule has 1 saturated heterocycles. The minimum atomic E-state index is -0.619. The SMILES string of the molecule is Cc1ccccc1C(CC(=O)N1CCC(C(C)N)CC1)NC(N)=O.Cl. The van der Waals surface area contributed by atoms with Crippen molar-refractivity contribution in [2.75, 3.05) is 13.1 Å². The highest BCUT2D eigenvalue weighted by Crippen LogP contribution is 2.24. The number of nitrogens with one attached hydrogen (secondary N) is 1. The number of nitrogens with two attached hydrogens (primary N) is 2. The lowest BCUT2D eigenvalue weighted by molar-refractivity contribution is -0.133. The standard InChI is InChI=1S/C18H28N4O2.ClH/c1-12-5-3-4-6-15(12)16(21-18(20)24)11-17(23)22-9-7-14(8-10-22)13(2)19;/h3-6,13-14,16H,7-11,19H2,1-2H3,(H3,20,21,24);1H. The smallest absolute Gasteiger partial charge is 0.312 e. The number of aryl methyl sites for hydroxylation is 1. The van der Waals surface area contributed by atoms with Crippen LogP contribution < -0.4 is 16.8 Å². The van der Waals surface area contributed by atoms with Crippen LogP contribution in [0.3, 0.4) is 0 Å². The van der Waals surface area contributed by atoms with E-state index >= 15 is 0 Å². The Morgan fingerprint density at radius 1 is 1.28 bits per heavy atom. The molecule has 0 radical (unpaired) electrons. The van der Waals surface area contributed by atoms with Crippen molar-refractivity contribution in [2.45, 2.75) is 45.2 Å². The second kappa shape index (κ2) is 9.63. The molecule has 6 nitrogen and oxygen atoms in total. The van der Waals surface area contributed by atoms with Crippen molar-refractivity contribution in [3.8, 4) is 0 Å². The Kier molecular flexibility index (Phi) is 8.19. The number of likely N-dealkylation sites (tertiary alicyclic amines) is 1. The summed E-state index contributed by atoms with van der Waals surface area (Å²) in [5.41, 5.74) is 13.2. The Labute approximate surface area is 155 Å². The Hall–Kier alpha value is -1.79. The third kappa shape index (κ3) is 5.90. The lowest BCUT2D eigenvalue weighted by Crippen LogP contribution is -2.44. The molecule has 140 valence electrons. The quantitative estimate of drug-likeness (QED) is 0.741. The van der Waals surface area contributed by atoms with E-state index in [0.29, 0.717) is 5.92 Å². The summed E-state index contributed by atoms with van der Waals surface area (Å²) in [6.07, 6.45) is 2.08. The van der Waals surface area contributed by atoms with Crippen LogP contribution in [0, 0.1) is 12.8 Å². The van der Waals surface area contributed by atoms with Gasteiger partial charge < -0.3 is 21.7 Å². The molecule has 2 rings (SSSR count). The van der Waals surface area contributed by atoms with E-state index in [1.165, 1.54) is 0 Å². The largest absolute Gasteiger partial charge is 0.352 e. The molecule has 2 unspecified atom stereocenters. The summed E-state index contributed by atoms with van der Waals surface area (Å²) < 4.78 is 0. The lowest BCUT2D eigenvalue weighted by atomic mass is 9.90. The average Bonchev–Trinajstić information content (AvgIpc) is 2.54. The highest BCUT2D eigenvalue weighted by Gasteiger charge is 2.27. The van der Waals surface area contributed by atoms with E-state index in [1.807, 2.05) is 43.0 Å². The van der Waals surface area contributed by atoms with Crippen LogP contribution in [-0.4, -0.2) is 36.0 Å². The van der Waals surface area contributed by atoms with Crippen LogP contribution in [0.5, 0.6) is 0 Å². The van der Waals surface area contributed by atoms with Gasteiger partial charge in [-0.2, -0.15) is 0 Å². The summed E-state index contributed by atoms with van der Waals surface area (Å²) in [5, 5.41) is 2.71. The van der Waals surface area contributed by atoms with E-state index < -0.39 is 12.1 Å². The van der Waals surface area contributed by atoms with Crippen molar-refractivity contribution in [1.29, 1.82) is 0 Å². The molecule has 1 heterocycles. The zero-order chi connectivity index (χ0) is 17.7. The number of piperidine rings is 1. The van der Waals surface area contributed by atoms with Crippen molar-refractivity contribution < 1.29 is 9.59 Å². The third-order valence-corrected chi connectivity index (χ3v) is 4.90. The summed E-state index contributed by atoms with van der Waals surface area (Å²) in [6.45, 7) is 5.43. The van der Waals surface area contributed by atoms with E-state index in [-0.39, 0.29) is 30.8 Å². The molecule has 5 N–H and O–H groups in total. The van der Waals surface area contributed by atoms with Gasteiger partial charge in [-0.05, 0) is 43.7 Å². The molecule has 1 fully saturated rings. The number of halogens is 1. The Morgan fingerprint density at radius 3 is 2.40 bits per heavy atom. The summed E-state index contributed by atoms with van der Waals surface area (Å²) in [4.78, 5) is 25.9. The minimum absolute atomic E-state index is 0. The van der Waals surface area contributed by atoms with Crippen molar-refractivity contribution in [1.82, 2.24) is 10.2 Å². The van der Waals surface area contributed by atoms with E-state index in [4.69, 9.17) is 11.5 Å². The van der Waals surface area contributed by atoms with Gasteiger partial charge in [0.1, 0.15) is 0 Å². The number of nitrogens with zero attached hydrogens (tertiary/aromatic N) is 1. The van der Waals surface area contributed by atoms with Crippen LogP contribution in [-0.2, 0) is 4.79 Å². The number of benzene rings is 1. The van der Waals surface area contributed by atoms with Crippen LogP contribution in [0.1, 0.15) is 43.4 Å². The van der Waals surface area contributed by atoms with Crippen molar-refractivity contribution >= 4 is 24.3 Å². The second-order valence-corrected chi connectivity index (χ2v) is 6.70. The van der Waals surface area contributed by atoms with E-state index in [2.05, 4.69) is 5.32 Å². The maximum Gasteiger partial charge on any atom is 0.312 e. The maximum absolute atomic E-state index is 12.7. The zero-order valence-electron chi connectivity index (χ0n) is 14.9. The van der Waals surface area contributed by atoms with Gasteiger partial charge in [0, 0.05) is 19.1 Å². The number of urea groups is 1. The predicted octanol–water partition coefficient (Wildman–Crippen LogP) is 2.10. The first-order valence-corrected chi connectivity index (χ1v) is 8.53. The van der Waals surface area contributed by atoms with Gasteiger partial charge >= 0.3 is 6.03 Å². The fourth-order valence-electron chi connectivity index (χ4n) is 3.37. The number of carbonyl (C=O) groups excluding carboxylic acids is 2. The predicted molar refractivity (Wildman–Crippen MR) is 101 cm³/mol. The fraction of sp³-hybridized carbons (Fsp3) is 0.556. The average molecular weight is 369 g/mol. The third-order valence-electron chi connectivity index (χ3n) is 4.90. The van der Waals surface area contributed by atoms with Crippen LogP contribution in [0.25, 0.3) is 0 Å². The molecule has 0 saturated carbocycles.